The Balaban J connectivity index is 1.64. The van der Waals surface area contributed by atoms with Crippen molar-refractivity contribution in [3.05, 3.63) is 83.9 Å². The van der Waals surface area contributed by atoms with Gasteiger partial charge in [0.2, 0.25) is 5.91 Å². The molecule has 0 saturated carbocycles. The molecule has 0 aliphatic rings. The molecule has 0 aliphatic heterocycles. The molecule has 7 heteroatoms. The molecule has 152 valence electrons. The number of hydrogen-bond donors (Lipinski definition) is 1. The van der Waals surface area contributed by atoms with Gasteiger partial charge in [-0.15, -0.1) is 0 Å². The van der Waals surface area contributed by atoms with Crippen LogP contribution in [0.1, 0.15) is 36.7 Å². The lowest BCUT2D eigenvalue weighted by Crippen LogP contribution is -2.25. The predicted octanol–water partition coefficient (Wildman–Crippen LogP) is 3.61. The van der Waals surface area contributed by atoms with E-state index >= 15 is 0 Å². The number of sulfone groups is 1. The zero-order valence-electron chi connectivity index (χ0n) is 16.6. The standard InChI is InChI=1S/C22H25N3O3S/c1-17(2)19-9-6-10-20(13-19)24-22(26)16-29(27,28)15-21-23-11-12-25(21)14-18-7-4-3-5-8-18/h3-13,17H,14-16H2,1-2H3,(H,24,26). The molecule has 0 fully saturated rings. The first-order valence-electron chi connectivity index (χ1n) is 9.46. The fourth-order valence-electron chi connectivity index (χ4n) is 3.02. The molecule has 1 aromatic heterocycles. The molecular formula is C22H25N3O3S. The topological polar surface area (TPSA) is 81.1 Å². The summed E-state index contributed by atoms with van der Waals surface area (Å²) >= 11 is 0. The van der Waals surface area contributed by atoms with Gasteiger partial charge in [-0.2, -0.15) is 0 Å². The van der Waals surface area contributed by atoms with Gasteiger partial charge in [-0.25, -0.2) is 13.4 Å². The minimum absolute atomic E-state index is 0.285. The molecule has 0 atom stereocenters. The van der Waals surface area contributed by atoms with E-state index in [0.717, 1.165) is 11.1 Å². The number of nitrogens with one attached hydrogen (secondary N) is 1. The van der Waals surface area contributed by atoms with Crippen LogP contribution < -0.4 is 5.32 Å². The van der Waals surface area contributed by atoms with Gasteiger partial charge in [0.05, 0.1) is 0 Å². The van der Waals surface area contributed by atoms with Crippen LogP contribution in [-0.4, -0.2) is 29.6 Å². The summed E-state index contributed by atoms with van der Waals surface area (Å²) in [4.78, 5) is 16.5. The number of carbonyl (C=O) groups is 1. The van der Waals surface area contributed by atoms with Crippen molar-refractivity contribution in [1.82, 2.24) is 9.55 Å². The van der Waals surface area contributed by atoms with E-state index in [1.807, 2.05) is 48.5 Å². The largest absolute Gasteiger partial charge is 0.330 e. The van der Waals surface area contributed by atoms with Crippen LogP contribution in [0.4, 0.5) is 5.69 Å². The van der Waals surface area contributed by atoms with E-state index < -0.39 is 21.5 Å². The van der Waals surface area contributed by atoms with E-state index in [2.05, 4.69) is 24.1 Å². The number of rotatable bonds is 8. The van der Waals surface area contributed by atoms with E-state index in [4.69, 9.17) is 0 Å². The molecule has 3 rings (SSSR count). The quantitative estimate of drug-likeness (QED) is 0.614. The second-order valence-corrected chi connectivity index (χ2v) is 9.38. The van der Waals surface area contributed by atoms with E-state index in [0.29, 0.717) is 24.0 Å². The first kappa shape index (κ1) is 20.8. The third kappa shape index (κ3) is 6.02. The van der Waals surface area contributed by atoms with Crippen molar-refractivity contribution in [2.24, 2.45) is 0 Å². The zero-order valence-corrected chi connectivity index (χ0v) is 17.4. The molecule has 0 bridgehead atoms. The molecule has 1 heterocycles. The van der Waals surface area contributed by atoms with E-state index in [1.54, 1.807) is 23.0 Å². The average Bonchev–Trinajstić information content (AvgIpc) is 3.08. The van der Waals surface area contributed by atoms with E-state index in [-0.39, 0.29) is 5.75 Å². The van der Waals surface area contributed by atoms with Gasteiger partial charge in [0.1, 0.15) is 17.3 Å². The molecule has 2 aromatic carbocycles. The maximum atomic E-state index is 12.6. The van der Waals surface area contributed by atoms with Crippen LogP contribution >= 0.6 is 0 Å². The number of amides is 1. The average molecular weight is 412 g/mol. The first-order valence-corrected chi connectivity index (χ1v) is 11.3. The monoisotopic (exact) mass is 411 g/mol. The van der Waals surface area contributed by atoms with Crippen LogP contribution in [0, 0.1) is 0 Å². The Hall–Kier alpha value is -2.93. The summed E-state index contributed by atoms with van der Waals surface area (Å²) in [5.74, 6) is -0.682. The lowest BCUT2D eigenvalue weighted by Gasteiger charge is -2.11. The highest BCUT2D eigenvalue weighted by molar-refractivity contribution is 7.91. The fraction of sp³-hybridized carbons (Fsp3) is 0.273. The van der Waals surface area contributed by atoms with Crippen molar-refractivity contribution in [2.45, 2.75) is 32.1 Å². The number of imidazole rings is 1. The number of aromatic nitrogens is 2. The minimum atomic E-state index is -3.66. The van der Waals surface area contributed by atoms with Crippen molar-refractivity contribution in [2.75, 3.05) is 11.1 Å². The maximum absolute atomic E-state index is 12.6. The van der Waals surface area contributed by atoms with Gasteiger partial charge in [-0.3, -0.25) is 4.79 Å². The predicted molar refractivity (Wildman–Crippen MR) is 114 cm³/mol. The van der Waals surface area contributed by atoms with Crippen LogP contribution in [0.5, 0.6) is 0 Å². The van der Waals surface area contributed by atoms with Gasteiger partial charge >= 0.3 is 0 Å². The highest BCUT2D eigenvalue weighted by Gasteiger charge is 2.20. The SMILES string of the molecule is CC(C)c1cccc(NC(=O)CS(=O)(=O)Cc2nccn2Cc2ccccc2)c1. The molecule has 0 radical (unpaired) electrons. The highest BCUT2D eigenvalue weighted by Crippen LogP contribution is 2.18. The Bertz CT molecular complexity index is 1070. The van der Waals surface area contributed by atoms with Gasteiger partial charge in [0.25, 0.3) is 0 Å². The summed E-state index contributed by atoms with van der Waals surface area (Å²) in [7, 11) is -3.66. The lowest BCUT2D eigenvalue weighted by atomic mass is 10.0. The molecule has 1 amide bonds. The molecule has 29 heavy (non-hydrogen) atoms. The van der Waals surface area contributed by atoms with Crippen molar-refractivity contribution >= 4 is 21.4 Å². The number of nitrogens with zero attached hydrogens (tertiary/aromatic N) is 2. The Labute approximate surface area is 171 Å². The van der Waals surface area contributed by atoms with Crippen LogP contribution in [-0.2, 0) is 26.9 Å². The third-order valence-electron chi connectivity index (χ3n) is 4.53. The molecule has 0 unspecified atom stereocenters. The second-order valence-electron chi connectivity index (χ2n) is 7.32. The van der Waals surface area contributed by atoms with Gasteiger partial charge in [-0.1, -0.05) is 56.3 Å². The molecule has 0 aliphatic carbocycles. The summed E-state index contributed by atoms with van der Waals surface area (Å²) < 4.78 is 26.9. The molecular weight excluding hydrogens is 386 g/mol. The van der Waals surface area contributed by atoms with Gasteiger partial charge in [0, 0.05) is 24.6 Å². The molecule has 6 nitrogen and oxygen atoms in total. The second kappa shape index (κ2) is 9.05. The van der Waals surface area contributed by atoms with Gasteiger partial charge < -0.3 is 9.88 Å². The summed E-state index contributed by atoms with van der Waals surface area (Å²) in [5.41, 5.74) is 2.72. The first-order chi connectivity index (χ1) is 13.8. The van der Waals surface area contributed by atoms with Crippen LogP contribution in [0.25, 0.3) is 0 Å². The summed E-state index contributed by atoms with van der Waals surface area (Å²) in [6.07, 6.45) is 3.32. The fourth-order valence-corrected chi connectivity index (χ4v) is 4.23. The summed E-state index contributed by atoms with van der Waals surface area (Å²) in [6, 6.07) is 17.2. The third-order valence-corrected chi connectivity index (χ3v) is 5.93. The summed E-state index contributed by atoms with van der Waals surface area (Å²) in [5, 5.41) is 2.68. The van der Waals surface area contributed by atoms with Crippen molar-refractivity contribution in [3.63, 3.8) is 0 Å². The number of anilines is 1. The smallest absolute Gasteiger partial charge is 0.239 e. The van der Waals surface area contributed by atoms with Gasteiger partial charge in [-0.05, 0) is 29.2 Å². The van der Waals surface area contributed by atoms with Gasteiger partial charge in [0.15, 0.2) is 9.84 Å². The number of hydrogen-bond acceptors (Lipinski definition) is 4. The van der Waals surface area contributed by atoms with E-state index in [9.17, 15) is 13.2 Å². The van der Waals surface area contributed by atoms with Crippen molar-refractivity contribution in [1.29, 1.82) is 0 Å². The van der Waals surface area contributed by atoms with E-state index in [1.165, 1.54) is 0 Å². The number of benzene rings is 2. The number of carbonyl (C=O) groups excluding carboxylic acids is 1. The summed E-state index contributed by atoms with van der Waals surface area (Å²) in [6.45, 7) is 4.64. The Morgan fingerprint density at radius 3 is 2.59 bits per heavy atom. The Kier molecular flexibility index (Phi) is 6.49. The lowest BCUT2D eigenvalue weighted by molar-refractivity contribution is -0.113. The zero-order chi connectivity index (χ0) is 20.9. The Morgan fingerprint density at radius 2 is 1.86 bits per heavy atom. The van der Waals surface area contributed by atoms with Crippen LogP contribution in [0.15, 0.2) is 67.0 Å². The highest BCUT2D eigenvalue weighted by atomic mass is 32.2. The van der Waals surface area contributed by atoms with Crippen LogP contribution in [0.3, 0.4) is 0 Å². The molecule has 0 spiro atoms. The van der Waals surface area contributed by atoms with Crippen LogP contribution in [0.2, 0.25) is 0 Å². The maximum Gasteiger partial charge on any atom is 0.239 e. The molecule has 3 aromatic rings. The minimum Gasteiger partial charge on any atom is -0.330 e. The molecule has 1 N–H and O–H groups in total. The Morgan fingerprint density at radius 1 is 1.10 bits per heavy atom. The van der Waals surface area contributed by atoms with Crippen molar-refractivity contribution < 1.29 is 13.2 Å². The molecule has 0 saturated heterocycles. The van der Waals surface area contributed by atoms with Crippen molar-refractivity contribution in [3.8, 4) is 0 Å². The normalized spacial score (nSPS) is 11.6.